The van der Waals surface area contributed by atoms with E-state index >= 15 is 0 Å². The molecule has 0 saturated carbocycles. The van der Waals surface area contributed by atoms with Crippen LogP contribution in [0.15, 0.2) is 12.3 Å². The minimum absolute atomic E-state index is 0.00216. The third-order valence-corrected chi connectivity index (χ3v) is 3.63. The van der Waals surface area contributed by atoms with E-state index in [0.29, 0.717) is 19.0 Å². The van der Waals surface area contributed by atoms with Gasteiger partial charge in [0.25, 0.3) is 11.6 Å². The zero-order chi connectivity index (χ0) is 14.7. The summed E-state index contributed by atoms with van der Waals surface area (Å²) in [7, 11) is 1.87. The molecular weight excluding hydrogens is 284 g/mol. The summed E-state index contributed by atoms with van der Waals surface area (Å²) in [5, 5.41) is 13.8. The summed E-state index contributed by atoms with van der Waals surface area (Å²) in [5.41, 5.74) is -0.144. The summed E-state index contributed by atoms with van der Waals surface area (Å²) in [6.45, 7) is 2.09. The number of nitrogens with one attached hydrogen (secondary N) is 1. The van der Waals surface area contributed by atoms with Crippen LogP contribution in [0.5, 0.6) is 0 Å². The first-order chi connectivity index (χ1) is 9.52. The van der Waals surface area contributed by atoms with Gasteiger partial charge in [-0.1, -0.05) is 11.6 Å². The summed E-state index contributed by atoms with van der Waals surface area (Å²) in [6.07, 6.45) is 1.96. The summed E-state index contributed by atoms with van der Waals surface area (Å²) in [4.78, 5) is 27.9. The van der Waals surface area contributed by atoms with E-state index in [0.717, 1.165) is 19.2 Å². The van der Waals surface area contributed by atoms with Crippen LogP contribution in [0.4, 0.5) is 5.69 Å². The molecular formula is C12H15ClN4O3. The molecule has 8 heteroatoms. The number of likely N-dealkylation sites (tertiary alicyclic amines) is 1. The largest absolute Gasteiger partial charge is 0.338 e. The quantitative estimate of drug-likeness (QED) is 0.514. The van der Waals surface area contributed by atoms with Crippen molar-refractivity contribution in [3.8, 4) is 0 Å². The van der Waals surface area contributed by atoms with Gasteiger partial charge in [0.1, 0.15) is 11.3 Å². The molecule has 1 aliphatic rings. The van der Waals surface area contributed by atoms with Crippen LogP contribution >= 0.6 is 11.6 Å². The predicted octanol–water partition coefficient (Wildman–Crippen LogP) is 1.32. The Bertz CT molecular complexity index is 537. The Kier molecular flexibility index (Phi) is 4.51. The molecule has 1 fully saturated rings. The molecule has 2 rings (SSSR count). The van der Waals surface area contributed by atoms with Crippen molar-refractivity contribution in [2.75, 3.05) is 26.7 Å². The van der Waals surface area contributed by atoms with Crippen LogP contribution < -0.4 is 5.32 Å². The Morgan fingerprint density at radius 3 is 3.10 bits per heavy atom. The van der Waals surface area contributed by atoms with E-state index in [-0.39, 0.29) is 22.3 Å². The van der Waals surface area contributed by atoms with Gasteiger partial charge < -0.3 is 10.2 Å². The van der Waals surface area contributed by atoms with Crippen molar-refractivity contribution in [2.45, 2.75) is 6.42 Å². The number of hydrogen-bond acceptors (Lipinski definition) is 5. The average Bonchev–Trinajstić information content (AvgIpc) is 2.87. The molecule has 1 amide bonds. The van der Waals surface area contributed by atoms with Crippen LogP contribution in [0, 0.1) is 16.0 Å². The van der Waals surface area contributed by atoms with Crippen molar-refractivity contribution in [3.05, 3.63) is 33.1 Å². The van der Waals surface area contributed by atoms with Gasteiger partial charge in [0.15, 0.2) is 0 Å². The molecule has 0 aliphatic carbocycles. The van der Waals surface area contributed by atoms with E-state index in [2.05, 4.69) is 10.3 Å². The first kappa shape index (κ1) is 14.7. The van der Waals surface area contributed by atoms with Gasteiger partial charge in [0.05, 0.1) is 10.5 Å². The highest BCUT2D eigenvalue weighted by molar-refractivity contribution is 6.32. The first-order valence-corrected chi connectivity index (χ1v) is 6.64. The molecule has 1 aliphatic heterocycles. The van der Waals surface area contributed by atoms with E-state index in [1.54, 1.807) is 4.90 Å². The number of hydrogen-bond donors (Lipinski definition) is 1. The van der Waals surface area contributed by atoms with Crippen molar-refractivity contribution in [3.63, 3.8) is 0 Å². The highest BCUT2D eigenvalue weighted by Crippen LogP contribution is 2.24. The Morgan fingerprint density at radius 1 is 1.70 bits per heavy atom. The van der Waals surface area contributed by atoms with E-state index in [1.165, 1.54) is 6.07 Å². The number of rotatable bonds is 4. The molecule has 1 atom stereocenters. The predicted molar refractivity (Wildman–Crippen MR) is 73.8 cm³/mol. The molecule has 0 spiro atoms. The number of nitrogens with zero attached hydrogens (tertiary/aromatic N) is 3. The maximum Gasteiger partial charge on any atom is 0.288 e. The second-order valence-electron chi connectivity index (χ2n) is 4.75. The minimum atomic E-state index is -0.589. The molecule has 0 radical (unpaired) electrons. The number of carbonyl (C=O) groups is 1. The Labute approximate surface area is 121 Å². The second kappa shape index (κ2) is 6.15. The number of carbonyl (C=O) groups excluding carboxylic acids is 1. The lowest BCUT2D eigenvalue weighted by atomic mass is 10.1. The Balaban J connectivity index is 2.17. The number of nitro groups is 1. The van der Waals surface area contributed by atoms with Crippen LogP contribution in [0.1, 0.15) is 16.8 Å². The average molecular weight is 299 g/mol. The van der Waals surface area contributed by atoms with Crippen molar-refractivity contribution in [2.24, 2.45) is 5.92 Å². The molecule has 1 aromatic heterocycles. The normalized spacial score (nSPS) is 18.3. The van der Waals surface area contributed by atoms with Crippen LogP contribution in [-0.2, 0) is 0 Å². The monoisotopic (exact) mass is 298 g/mol. The van der Waals surface area contributed by atoms with Crippen molar-refractivity contribution in [1.29, 1.82) is 0 Å². The lowest BCUT2D eigenvalue weighted by Gasteiger charge is -2.16. The second-order valence-corrected chi connectivity index (χ2v) is 5.11. The number of pyridine rings is 1. The van der Waals surface area contributed by atoms with Crippen LogP contribution in [0.25, 0.3) is 0 Å². The SMILES string of the molecule is CNCC1CCN(C(=O)c2cc([N+](=O)[O-])cnc2Cl)C1. The van der Waals surface area contributed by atoms with Gasteiger partial charge in [0, 0.05) is 19.2 Å². The summed E-state index contributed by atoms with van der Waals surface area (Å²) in [6, 6.07) is 1.18. The van der Waals surface area contributed by atoms with Crippen molar-refractivity contribution in [1.82, 2.24) is 15.2 Å². The Hall–Kier alpha value is -1.73. The third kappa shape index (κ3) is 3.05. The highest BCUT2D eigenvalue weighted by atomic mass is 35.5. The molecule has 7 nitrogen and oxygen atoms in total. The smallest absolute Gasteiger partial charge is 0.288 e. The highest BCUT2D eigenvalue weighted by Gasteiger charge is 2.28. The van der Waals surface area contributed by atoms with Crippen molar-refractivity contribution >= 4 is 23.2 Å². The molecule has 2 heterocycles. The van der Waals surface area contributed by atoms with Crippen LogP contribution in [-0.4, -0.2) is 47.4 Å². The zero-order valence-corrected chi connectivity index (χ0v) is 11.8. The van der Waals surface area contributed by atoms with Gasteiger partial charge in [-0.2, -0.15) is 0 Å². The summed E-state index contributed by atoms with van der Waals surface area (Å²) in [5.74, 6) is 0.0965. The van der Waals surface area contributed by atoms with Gasteiger partial charge in [-0.15, -0.1) is 0 Å². The zero-order valence-electron chi connectivity index (χ0n) is 11.0. The van der Waals surface area contributed by atoms with Crippen molar-refractivity contribution < 1.29 is 9.72 Å². The number of aromatic nitrogens is 1. The van der Waals surface area contributed by atoms with E-state index < -0.39 is 4.92 Å². The fraction of sp³-hybridized carbons (Fsp3) is 0.500. The van der Waals surface area contributed by atoms with Gasteiger partial charge in [-0.05, 0) is 25.9 Å². The summed E-state index contributed by atoms with van der Waals surface area (Å²) < 4.78 is 0. The molecule has 1 aromatic rings. The topological polar surface area (TPSA) is 88.4 Å². The van der Waals surface area contributed by atoms with E-state index in [1.807, 2.05) is 7.05 Å². The number of amides is 1. The fourth-order valence-electron chi connectivity index (χ4n) is 2.33. The van der Waals surface area contributed by atoms with E-state index in [4.69, 9.17) is 11.6 Å². The maximum atomic E-state index is 12.4. The van der Waals surface area contributed by atoms with Gasteiger partial charge in [0.2, 0.25) is 0 Å². The molecule has 1 unspecified atom stereocenters. The standard InChI is InChI=1S/C12H15ClN4O3/c1-14-5-8-2-3-16(7-8)12(18)10-4-9(17(19)20)6-15-11(10)13/h4,6,8,14H,2-3,5,7H2,1H3. The molecule has 0 aromatic carbocycles. The molecule has 1 N–H and O–H groups in total. The Morgan fingerprint density at radius 2 is 2.45 bits per heavy atom. The lowest BCUT2D eigenvalue weighted by molar-refractivity contribution is -0.385. The fourth-order valence-corrected chi connectivity index (χ4v) is 2.51. The van der Waals surface area contributed by atoms with Gasteiger partial charge in [-0.25, -0.2) is 4.98 Å². The maximum absolute atomic E-state index is 12.4. The molecule has 1 saturated heterocycles. The molecule has 0 bridgehead atoms. The van der Waals surface area contributed by atoms with Gasteiger partial charge in [-0.3, -0.25) is 14.9 Å². The number of halogens is 1. The van der Waals surface area contributed by atoms with Crippen LogP contribution in [0.2, 0.25) is 5.15 Å². The molecule has 108 valence electrons. The minimum Gasteiger partial charge on any atom is -0.338 e. The van der Waals surface area contributed by atoms with Crippen LogP contribution in [0.3, 0.4) is 0 Å². The molecule has 20 heavy (non-hydrogen) atoms. The van der Waals surface area contributed by atoms with E-state index in [9.17, 15) is 14.9 Å². The first-order valence-electron chi connectivity index (χ1n) is 6.26. The lowest BCUT2D eigenvalue weighted by Crippen LogP contribution is -2.30. The summed E-state index contributed by atoms with van der Waals surface area (Å²) >= 11 is 5.88. The third-order valence-electron chi connectivity index (χ3n) is 3.33. The van der Waals surface area contributed by atoms with Gasteiger partial charge >= 0.3 is 0 Å².